The molecule has 0 bridgehead atoms. The molecule has 0 N–H and O–H groups in total. The monoisotopic (exact) mass is 366 g/mol. The molecule has 1 aromatic rings. The fourth-order valence-corrected chi connectivity index (χ4v) is 4.37. The number of amides is 1. The largest absolute Gasteiger partial charge is 0.491 e. The van der Waals surface area contributed by atoms with Gasteiger partial charge in [0.05, 0.1) is 12.3 Å². The average molecular weight is 366 g/mol. The van der Waals surface area contributed by atoms with Crippen molar-refractivity contribution in [3.63, 3.8) is 0 Å². The second kappa shape index (κ2) is 6.96. The zero-order chi connectivity index (χ0) is 18.2. The second-order valence-electron chi connectivity index (χ2n) is 7.02. The Balaban J connectivity index is 1.85. The number of nitrogens with zero attached hydrogens (tertiary/aromatic N) is 2. The number of hydrogen-bond acceptors (Lipinski definition) is 4. The molecule has 1 fully saturated rings. The molecule has 0 unspecified atom stereocenters. The molecule has 1 heterocycles. The van der Waals surface area contributed by atoms with Crippen molar-refractivity contribution in [1.82, 2.24) is 9.21 Å². The van der Waals surface area contributed by atoms with Gasteiger partial charge in [-0.1, -0.05) is 13.0 Å². The maximum atomic E-state index is 12.2. The van der Waals surface area contributed by atoms with Crippen LogP contribution in [0.1, 0.15) is 44.2 Å². The number of rotatable bonds is 5. The Morgan fingerprint density at radius 3 is 2.68 bits per heavy atom. The maximum Gasteiger partial charge on any atom is 0.222 e. The van der Waals surface area contributed by atoms with Gasteiger partial charge >= 0.3 is 0 Å². The van der Waals surface area contributed by atoms with Gasteiger partial charge in [0.25, 0.3) is 0 Å². The van der Waals surface area contributed by atoms with Crippen LogP contribution < -0.4 is 4.74 Å². The van der Waals surface area contributed by atoms with Crippen LogP contribution in [0.5, 0.6) is 5.75 Å². The van der Waals surface area contributed by atoms with Crippen molar-refractivity contribution in [1.29, 1.82) is 0 Å². The molecule has 0 radical (unpaired) electrons. The van der Waals surface area contributed by atoms with E-state index in [9.17, 15) is 13.2 Å². The predicted octanol–water partition coefficient (Wildman–Crippen LogP) is 2.13. The third-order valence-corrected chi connectivity index (χ3v) is 6.10. The van der Waals surface area contributed by atoms with Crippen LogP contribution in [-0.2, 0) is 27.9 Å². The smallest absolute Gasteiger partial charge is 0.222 e. The number of carbonyl (C=O) groups excluding carboxylic acids is 1. The van der Waals surface area contributed by atoms with Gasteiger partial charge in [0.1, 0.15) is 12.4 Å². The topological polar surface area (TPSA) is 66.9 Å². The number of ether oxygens (including phenoxy) is 1. The van der Waals surface area contributed by atoms with Crippen molar-refractivity contribution >= 4 is 15.9 Å². The summed E-state index contributed by atoms with van der Waals surface area (Å²) in [7, 11) is -3.23. The molecule has 3 rings (SSSR count). The van der Waals surface area contributed by atoms with Gasteiger partial charge in [-0.25, -0.2) is 8.42 Å². The standard InChI is InChI=1S/C18H26N2O4S/c1-4-18(21)19-11-15-9-14(5-8-17(15)24-12-13(19)2)10-20(16-6-7-16)25(3,22)23/h5,8-9,13,16H,4,6-7,10-12H2,1-3H3/t13-/m0/s1. The van der Waals surface area contributed by atoms with Gasteiger partial charge in [-0.3, -0.25) is 4.79 Å². The Labute approximate surface area is 149 Å². The number of carbonyl (C=O) groups is 1. The molecular weight excluding hydrogens is 340 g/mol. The first kappa shape index (κ1) is 18.2. The molecule has 1 saturated carbocycles. The summed E-state index contributed by atoms with van der Waals surface area (Å²) in [6, 6.07) is 5.93. The highest BCUT2D eigenvalue weighted by Gasteiger charge is 2.35. The summed E-state index contributed by atoms with van der Waals surface area (Å²) in [5, 5.41) is 0. The lowest BCUT2D eigenvalue weighted by Gasteiger charge is -2.26. The number of sulfonamides is 1. The number of fused-ring (bicyclic) bond motifs is 1. The molecule has 0 saturated heterocycles. The molecule has 7 heteroatoms. The van der Waals surface area contributed by atoms with Crippen LogP contribution in [-0.4, -0.2) is 48.5 Å². The maximum absolute atomic E-state index is 12.2. The molecule has 1 aromatic carbocycles. The van der Waals surface area contributed by atoms with Crippen LogP contribution in [0.15, 0.2) is 18.2 Å². The van der Waals surface area contributed by atoms with E-state index in [1.54, 1.807) is 4.31 Å². The molecule has 138 valence electrons. The first-order valence-corrected chi connectivity index (χ1v) is 10.6. The van der Waals surface area contributed by atoms with Crippen LogP contribution in [0.4, 0.5) is 0 Å². The minimum Gasteiger partial charge on any atom is -0.491 e. The molecule has 6 nitrogen and oxygen atoms in total. The van der Waals surface area contributed by atoms with Crippen molar-refractivity contribution in [2.45, 2.75) is 58.3 Å². The summed E-state index contributed by atoms with van der Waals surface area (Å²) in [6.45, 7) is 5.18. The first-order chi connectivity index (χ1) is 11.8. The van der Waals surface area contributed by atoms with Crippen LogP contribution in [0, 0.1) is 0 Å². The predicted molar refractivity (Wildman–Crippen MR) is 95.6 cm³/mol. The minimum atomic E-state index is -3.23. The quantitative estimate of drug-likeness (QED) is 0.801. The highest BCUT2D eigenvalue weighted by atomic mass is 32.2. The summed E-state index contributed by atoms with van der Waals surface area (Å²) in [5.74, 6) is 0.879. The summed E-state index contributed by atoms with van der Waals surface area (Å²) in [4.78, 5) is 14.1. The summed E-state index contributed by atoms with van der Waals surface area (Å²) in [6.07, 6.45) is 3.58. The van der Waals surface area contributed by atoms with Gasteiger partial charge in [0.15, 0.2) is 0 Å². The Morgan fingerprint density at radius 1 is 1.36 bits per heavy atom. The molecule has 25 heavy (non-hydrogen) atoms. The van der Waals surface area contributed by atoms with Gasteiger partial charge in [-0.2, -0.15) is 4.31 Å². The summed E-state index contributed by atoms with van der Waals surface area (Å²) < 4.78 is 31.5. The highest BCUT2D eigenvalue weighted by molar-refractivity contribution is 7.88. The molecule has 1 aliphatic carbocycles. The van der Waals surface area contributed by atoms with Gasteiger partial charge in [0.2, 0.25) is 15.9 Å². The van der Waals surface area contributed by atoms with Crippen LogP contribution in [0.3, 0.4) is 0 Å². The van der Waals surface area contributed by atoms with Crippen molar-refractivity contribution in [3.05, 3.63) is 29.3 Å². The van der Waals surface area contributed by atoms with Crippen LogP contribution in [0.25, 0.3) is 0 Å². The fourth-order valence-electron chi connectivity index (χ4n) is 3.23. The molecule has 1 aliphatic heterocycles. The lowest BCUT2D eigenvalue weighted by molar-refractivity contribution is -0.133. The summed E-state index contributed by atoms with van der Waals surface area (Å²) >= 11 is 0. The zero-order valence-electron chi connectivity index (χ0n) is 15.1. The van der Waals surface area contributed by atoms with Crippen molar-refractivity contribution < 1.29 is 17.9 Å². The van der Waals surface area contributed by atoms with Crippen molar-refractivity contribution in [2.75, 3.05) is 12.9 Å². The second-order valence-corrected chi connectivity index (χ2v) is 8.95. The van der Waals surface area contributed by atoms with E-state index in [-0.39, 0.29) is 18.0 Å². The number of benzene rings is 1. The lowest BCUT2D eigenvalue weighted by atomic mass is 10.1. The van der Waals surface area contributed by atoms with Gasteiger partial charge in [0, 0.05) is 31.1 Å². The number of hydrogen-bond donors (Lipinski definition) is 0. The average Bonchev–Trinajstić information content (AvgIpc) is 3.39. The SMILES string of the molecule is CCC(=O)N1Cc2cc(CN(C3CC3)S(C)(=O)=O)ccc2OC[C@@H]1C. The van der Waals surface area contributed by atoms with E-state index in [2.05, 4.69) is 0 Å². The minimum absolute atomic E-state index is 0.0160. The lowest BCUT2D eigenvalue weighted by Crippen LogP contribution is -2.39. The Morgan fingerprint density at radius 2 is 2.08 bits per heavy atom. The van der Waals surface area contributed by atoms with E-state index in [4.69, 9.17) is 4.74 Å². The van der Waals surface area contributed by atoms with Crippen LogP contribution in [0.2, 0.25) is 0 Å². The third-order valence-electron chi connectivity index (χ3n) is 4.82. The molecule has 1 atom stereocenters. The van der Waals surface area contributed by atoms with Crippen molar-refractivity contribution in [3.8, 4) is 5.75 Å². The first-order valence-electron chi connectivity index (χ1n) is 8.80. The summed E-state index contributed by atoms with van der Waals surface area (Å²) in [5.41, 5.74) is 1.87. The molecule has 0 spiro atoms. The Kier molecular flexibility index (Phi) is 5.06. The molecule has 0 aromatic heterocycles. The Bertz CT molecular complexity index is 758. The van der Waals surface area contributed by atoms with E-state index in [0.717, 1.165) is 29.7 Å². The van der Waals surface area contributed by atoms with E-state index in [1.165, 1.54) is 6.26 Å². The normalized spacial score (nSPS) is 20.8. The zero-order valence-corrected chi connectivity index (χ0v) is 15.9. The molecular formula is C18H26N2O4S. The van der Waals surface area contributed by atoms with E-state index in [0.29, 0.717) is 26.1 Å². The van der Waals surface area contributed by atoms with E-state index < -0.39 is 10.0 Å². The van der Waals surface area contributed by atoms with E-state index >= 15 is 0 Å². The molecule has 1 amide bonds. The van der Waals surface area contributed by atoms with Crippen LogP contribution >= 0.6 is 0 Å². The van der Waals surface area contributed by atoms with Gasteiger partial charge < -0.3 is 9.64 Å². The Hall–Kier alpha value is -1.60. The van der Waals surface area contributed by atoms with Crippen molar-refractivity contribution in [2.24, 2.45) is 0 Å². The molecule has 2 aliphatic rings. The van der Waals surface area contributed by atoms with Gasteiger partial charge in [-0.05, 0) is 37.5 Å². The van der Waals surface area contributed by atoms with E-state index in [1.807, 2.05) is 36.9 Å². The van der Waals surface area contributed by atoms with Gasteiger partial charge in [-0.15, -0.1) is 0 Å². The fraction of sp³-hybridized carbons (Fsp3) is 0.611. The third kappa shape index (κ3) is 4.15. The highest BCUT2D eigenvalue weighted by Crippen LogP contribution is 2.32.